The number of nitrogens with zero attached hydrogens (tertiary/aromatic N) is 3. The summed E-state index contributed by atoms with van der Waals surface area (Å²) in [5.74, 6) is 0. The maximum Gasteiger partial charge on any atom is 0.174 e. The highest BCUT2D eigenvalue weighted by Crippen LogP contribution is 2.44. The molecule has 0 saturated carbocycles. The molecule has 5 rings (SSSR count). The van der Waals surface area contributed by atoms with Crippen molar-refractivity contribution >= 4 is 23.0 Å². The van der Waals surface area contributed by atoms with Crippen LogP contribution in [0, 0.1) is 41.5 Å². The molecule has 0 amide bonds. The molecule has 2 aromatic carbocycles. The molecule has 4 aromatic rings. The maximum absolute atomic E-state index is 5.95. The van der Waals surface area contributed by atoms with E-state index in [9.17, 15) is 0 Å². The maximum atomic E-state index is 5.95. The zero-order valence-electron chi connectivity index (χ0n) is 21.3. The summed E-state index contributed by atoms with van der Waals surface area (Å²) in [7, 11) is 0. The van der Waals surface area contributed by atoms with Crippen LogP contribution in [0.5, 0.6) is 0 Å². The van der Waals surface area contributed by atoms with E-state index in [1.807, 2.05) is 18.3 Å². The first kappa shape index (κ1) is 23.3. The van der Waals surface area contributed by atoms with Gasteiger partial charge in [0.25, 0.3) is 0 Å². The molecule has 1 aliphatic rings. The van der Waals surface area contributed by atoms with Gasteiger partial charge in [-0.2, -0.15) is 0 Å². The van der Waals surface area contributed by atoms with Gasteiger partial charge in [-0.05, 0) is 112 Å². The number of aromatic nitrogens is 2. The first-order chi connectivity index (χ1) is 16.8. The zero-order chi connectivity index (χ0) is 24.9. The number of aryl methyl sites for hydroxylation is 5. The summed E-state index contributed by atoms with van der Waals surface area (Å²) in [6.45, 7) is 13.1. The van der Waals surface area contributed by atoms with Gasteiger partial charge in [0, 0.05) is 23.3 Å². The molecule has 2 atom stereocenters. The third-order valence-electron chi connectivity index (χ3n) is 7.32. The molecule has 0 bridgehead atoms. The Labute approximate surface area is 213 Å². The Morgan fingerprint density at radius 1 is 0.800 bits per heavy atom. The van der Waals surface area contributed by atoms with Crippen molar-refractivity contribution < 1.29 is 0 Å². The fraction of sp³-hybridized carbons (Fsp3) is 0.267. The predicted octanol–water partition coefficient (Wildman–Crippen LogP) is 6.90. The summed E-state index contributed by atoms with van der Waals surface area (Å²) in [5.41, 5.74) is 12.1. The molecule has 0 radical (unpaired) electrons. The Balaban J connectivity index is 1.72. The van der Waals surface area contributed by atoms with Gasteiger partial charge in [-0.1, -0.05) is 30.3 Å². The lowest BCUT2D eigenvalue weighted by atomic mass is 9.96. The number of hydrogen-bond acceptors (Lipinski definition) is 2. The van der Waals surface area contributed by atoms with Crippen LogP contribution in [-0.4, -0.2) is 14.7 Å². The van der Waals surface area contributed by atoms with E-state index in [1.165, 1.54) is 44.9 Å². The van der Waals surface area contributed by atoms with Crippen molar-refractivity contribution in [2.75, 3.05) is 4.90 Å². The van der Waals surface area contributed by atoms with Gasteiger partial charge in [0.05, 0.1) is 23.5 Å². The van der Waals surface area contributed by atoms with Gasteiger partial charge in [0.2, 0.25) is 0 Å². The minimum atomic E-state index is -0.0581. The van der Waals surface area contributed by atoms with E-state index < -0.39 is 0 Å². The number of thiocarbonyl (C=S) groups is 1. The summed E-state index contributed by atoms with van der Waals surface area (Å²) >= 11 is 5.95. The van der Waals surface area contributed by atoms with Gasteiger partial charge in [-0.25, -0.2) is 0 Å². The number of rotatable bonds is 4. The van der Waals surface area contributed by atoms with E-state index in [0.29, 0.717) is 0 Å². The number of anilines is 1. The highest BCUT2D eigenvalue weighted by molar-refractivity contribution is 7.80. The zero-order valence-corrected chi connectivity index (χ0v) is 22.1. The van der Waals surface area contributed by atoms with Crippen molar-refractivity contribution in [1.82, 2.24) is 14.9 Å². The molecule has 0 aliphatic carbocycles. The Morgan fingerprint density at radius 2 is 1.54 bits per heavy atom. The topological polar surface area (TPSA) is 33.1 Å². The smallest absolute Gasteiger partial charge is 0.174 e. The van der Waals surface area contributed by atoms with Crippen molar-refractivity contribution in [3.8, 4) is 5.69 Å². The first-order valence-corrected chi connectivity index (χ1v) is 12.5. The molecule has 1 fully saturated rings. The van der Waals surface area contributed by atoms with Crippen LogP contribution in [0.3, 0.4) is 0 Å². The van der Waals surface area contributed by atoms with Gasteiger partial charge in [0.15, 0.2) is 5.11 Å². The summed E-state index contributed by atoms with van der Waals surface area (Å²) < 4.78 is 2.40. The monoisotopic (exact) mass is 480 g/mol. The number of para-hydroxylation sites is 1. The second-order valence-electron chi connectivity index (χ2n) is 9.67. The fourth-order valence-corrected chi connectivity index (χ4v) is 5.76. The molecular weight excluding hydrogens is 448 g/mol. The third-order valence-corrected chi connectivity index (χ3v) is 7.63. The third kappa shape index (κ3) is 3.94. The average Bonchev–Trinajstić information content (AvgIpc) is 3.32. The van der Waals surface area contributed by atoms with Crippen LogP contribution in [0.15, 0.2) is 66.9 Å². The minimum absolute atomic E-state index is 0.0243. The standard InChI is InChI=1S/C30H32N4S/c1-18-13-14-24(16-21(18)4)34-29(27(32-30(34)35)26-12-7-8-15-31-26)25-17-22(5)33(23(25)6)28-19(2)10-9-11-20(28)3/h7-17,27,29H,1-6H3,(H,32,35)/t27-,29+/m1/s1. The molecule has 5 heteroatoms. The van der Waals surface area contributed by atoms with E-state index in [4.69, 9.17) is 17.2 Å². The van der Waals surface area contributed by atoms with E-state index in [0.717, 1.165) is 16.5 Å². The van der Waals surface area contributed by atoms with Gasteiger partial charge in [-0.3, -0.25) is 4.98 Å². The van der Waals surface area contributed by atoms with Crippen LogP contribution in [0.2, 0.25) is 0 Å². The van der Waals surface area contributed by atoms with Crippen molar-refractivity contribution in [2.24, 2.45) is 0 Å². The number of nitrogens with one attached hydrogen (secondary N) is 1. The minimum Gasteiger partial charge on any atom is -0.351 e. The Morgan fingerprint density at radius 3 is 2.20 bits per heavy atom. The lowest BCUT2D eigenvalue weighted by Gasteiger charge is -2.29. The summed E-state index contributed by atoms with van der Waals surface area (Å²) in [5, 5.41) is 4.33. The van der Waals surface area contributed by atoms with Crippen molar-refractivity contribution in [1.29, 1.82) is 0 Å². The van der Waals surface area contributed by atoms with Crippen LogP contribution in [-0.2, 0) is 0 Å². The van der Waals surface area contributed by atoms with Crippen molar-refractivity contribution in [3.05, 3.63) is 112 Å². The molecule has 3 heterocycles. The van der Waals surface area contributed by atoms with Crippen LogP contribution in [0.25, 0.3) is 5.69 Å². The van der Waals surface area contributed by atoms with Crippen LogP contribution >= 0.6 is 12.2 Å². The number of pyridine rings is 1. The molecule has 4 nitrogen and oxygen atoms in total. The molecule has 35 heavy (non-hydrogen) atoms. The Kier molecular flexibility index (Phi) is 5.97. The van der Waals surface area contributed by atoms with Gasteiger partial charge >= 0.3 is 0 Å². The Hall–Kier alpha value is -3.44. The van der Waals surface area contributed by atoms with Gasteiger partial charge in [0.1, 0.15) is 0 Å². The van der Waals surface area contributed by atoms with Crippen LogP contribution in [0.4, 0.5) is 5.69 Å². The largest absolute Gasteiger partial charge is 0.351 e. The lowest BCUT2D eigenvalue weighted by molar-refractivity contribution is 0.565. The fourth-order valence-electron chi connectivity index (χ4n) is 5.41. The lowest BCUT2D eigenvalue weighted by Crippen LogP contribution is -2.29. The molecule has 0 unspecified atom stereocenters. The summed E-state index contributed by atoms with van der Waals surface area (Å²) in [6, 6.07) is 21.4. The summed E-state index contributed by atoms with van der Waals surface area (Å²) in [6.07, 6.45) is 1.86. The van der Waals surface area contributed by atoms with Crippen LogP contribution in [0.1, 0.15) is 57.0 Å². The van der Waals surface area contributed by atoms with E-state index >= 15 is 0 Å². The molecule has 1 aliphatic heterocycles. The average molecular weight is 481 g/mol. The number of hydrogen-bond donors (Lipinski definition) is 1. The van der Waals surface area contributed by atoms with Gasteiger partial charge < -0.3 is 14.8 Å². The summed E-state index contributed by atoms with van der Waals surface area (Å²) in [4.78, 5) is 7.00. The van der Waals surface area contributed by atoms with E-state index in [-0.39, 0.29) is 12.1 Å². The van der Waals surface area contributed by atoms with Crippen molar-refractivity contribution in [2.45, 2.75) is 53.6 Å². The second-order valence-corrected chi connectivity index (χ2v) is 10.1. The van der Waals surface area contributed by atoms with Crippen LogP contribution < -0.4 is 10.2 Å². The first-order valence-electron chi connectivity index (χ1n) is 12.1. The van der Waals surface area contributed by atoms with E-state index in [2.05, 4.69) is 105 Å². The Bertz CT molecular complexity index is 1400. The highest BCUT2D eigenvalue weighted by Gasteiger charge is 2.42. The highest BCUT2D eigenvalue weighted by atomic mass is 32.1. The molecule has 0 spiro atoms. The molecule has 1 N–H and O–H groups in total. The molecular formula is C30H32N4S. The number of benzene rings is 2. The second kappa shape index (κ2) is 8.97. The van der Waals surface area contributed by atoms with Gasteiger partial charge in [-0.15, -0.1) is 0 Å². The normalized spacial score (nSPS) is 17.7. The van der Waals surface area contributed by atoms with Crippen molar-refractivity contribution in [3.63, 3.8) is 0 Å². The SMILES string of the molecule is Cc1ccc(N2C(=S)N[C@H](c3ccccn3)[C@@H]2c2cc(C)n(-c3c(C)cccc3C)c2C)cc1C. The molecule has 1 saturated heterocycles. The predicted molar refractivity (Wildman–Crippen MR) is 149 cm³/mol. The van der Waals surface area contributed by atoms with E-state index in [1.54, 1.807) is 0 Å². The quantitative estimate of drug-likeness (QED) is 0.322. The molecule has 178 valence electrons. The molecule has 2 aromatic heterocycles.